The number of benzene rings is 2. The standard InChI is InChI=1S/C20H23FN2O/c1-14(23(2)13-17-6-3-4-9-19(17)21)20(24)22-18-11-10-15-7-5-8-16(15)12-18/h3-4,6,9-12,14H,5,7-8,13H2,1-2H3,(H,22,24). The smallest absolute Gasteiger partial charge is 0.241 e. The molecule has 0 aromatic heterocycles. The highest BCUT2D eigenvalue weighted by Gasteiger charge is 2.20. The van der Waals surface area contributed by atoms with Crippen LogP contribution in [0.15, 0.2) is 42.5 Å². The zero-order chi connectivity index (χ0) is 17.1. The molecule has 4 heteroatoms. The number of rotatable bonds is 5. The normalized spacial score (nSPS) is 14.5. The zero-order valence-corrected chi connectivity index (χ0v) is 14.2. The van der Waals surface area contributed by atoms with Gasteiger partial charge in [-0.25, -0.2) is 4.39 Å². The van der Waals surface area contributed by atoms with Crippen LogP contribution >= 0.6 is 0 Å². The van der Waals surface area contributed by atoms with Gasteiger partial charge in [0.2, 0.25) is 5.91 Å². The summed E-state index contributed by atoms with van der Waals surface area (Å²) in [6, 6.07) is 12.5. The van der Waals surface area contributed by atoms with E-state index >= 15 is 0 Å². The fraction of sp³-hybridized carbons (Fsp3) is 0.350. The van der Waals surface area contributed by atoms with Crippen LogP contribution in [0.2, 0.25) is 0 Å². The lowest BCUT2D eigenvalue weighted by atomic mass is 10.1. The molecule has 1 N–H and O–H groups in total. The lowest BCUT2D eigenvalue weighted by Crippen LogP contribution is -2.39. The Morgan fingerprint density at radius 3 is 2.75 bits per heavy atom. The quantitative estimate of drug-likeness (QED) is 0.907. The Labute approximate surface area is 142 Å². The highest BCUT2D eigenvalue weighted by Crippen LogP contribution is 2.25. The van der Waals surface area contributed by atoms with E-state index in [4.69, 9.17) is 0 Å². The van der Waals surface area contributed by atoms with Crippen molar-refractivity contribution in [3.63, 3.8) is 0 Å². The maximum Gasteiger partial charge on any atom is 0.241 e. The number of likely N-dealkylation sites (N-methyl/N-ethyl adjacent to an activating group) is 1. The molecule has 1 amide bonds. The van der Waals surface area contributed by atoms with Gasteiger partial charge in [-0.1, -0.05) is 24.3 Å². The number of anilines is 1. The minimum atomic E-state index is -0.349. The molecule has 2 aromatic rings. The van der Waals surface area contributed by atoms with E-state index in [1.165, 1.54) is 23.6 Å². The van der Waals surface area contributed by atoms with Crippen molar-refractivity contribution in [3.05, 3.63) is 65.0 Å². The Morgan fingerprint density at radius 1 is 1.21 bits per heavy atom. The van der Waals surface area contributed by atoms with Gasteiger partial charge >= 0.3 is 0 Å². The average Bonchev–Trinajstić information content (AvgIpc) is 3.03. The highest BCUT2D eigenvalue weighted by molar-refractivity contribution is 5.94. The van der Waals surface area contributed by atoms with Crippen molar-refractivity contribution in [1.29, 1.82) is 0 Å². The molecular weight excluding hydrogens is 303 g/mol. The molecule has 24 heavy (non-hydrogen) atoms. The van der Waals surface area contributed by atoms with Crippen molar-refractivity contribution in [2.24, 2.45) is 0 Å². The van der Waals surface area contributed by atoms with E-state index in [9.17, 15) is 9.18 Å². The summed E-state index contributed by atoms with van der Waals surface area (Å²) in [6.45, 7) is 2.23. The topological polar surface area (TPSA) is 32.3 Å². The van der Waals surface area contributed by atoms with Crippen LogP contribution in [0, 0.1) is 5.82 Å². The molecule has 0 saturated heterocycles. The van der Waals surface area contributed by atoms with Gasteiger partial charge in [-0.3, -0.25) is 9.69 Å². The Kier molecular flexibility index (Phi) is 4.95. The molecule has 0 heterocycles. The summed E-state index contributed by atoms with van der Waals surface area (Å²) in [5.74, 6) is -0.317. The summed E-state index contributed by atoms with van der Waals surface area (Å²) in [4.78, 5) is 14.3. The van der Waals surface area contributed by atoms with Crippen LogP contribution < -0.4 is 5.32 Å². The van der Waals surface area contributed by atoms with Crippen LogP contribution in [0.25, 0.3) is 0 Å². The first kappa shape index (κ1) is 16.7. The Bertz CT molecular complexity index is 744. The first-order valence-electron chi connectivity index (χ1n) is 8.41. The third kappa shape index (κ3) is 3.65. The van der Waals surface area contributed by atoms with Gasteiger partial charge in [-0.05, 0) is 62.6 Å². The van der Waals surface area contributed by atoms with Crippen LogP contribution in [0.3, 0.4) is 0 Å². The summed E-state index contributed by atoms with van der Waals surface area (Å²) in [6.07, 6.45) is 3.40. The number of amides is 1. The van der Waals surface area contributed by atoms with E-state index in [0.717, 1.165) is 18.5 Å². The predicted molar refractivity (Wildman–Crippen MR) is 94.4 cm³/mol. The number of aryl methyl sites for hydroxylation is 2. The summed E-state index contributed by atoms with van der Waals surface area (Å²) >= 11 is 0. The second-order valence-corrected chi connectivity index (χ2v) is 6.51. The molecule has 1 atom stereocenters. The molecule has 0 bridgehead atoms. The first-order valence-corrected chi connectivity index (χ1v) is 8.41. The number of nitrogens with zero attached hydrogens (tertiary/aromatic N) is 1. The summed E-state index contributed by atoms with van der Waals surface area (Å²) < 4.78 is 13.8. The number of halogens is 1. The van der Waals surface area contributed by atoms with Gasteiger partial charge in [0.25, 0.3) is 0 Å². The molecule has 1 aliphatic carbocycles. The second-order valence-electron chi connectivity index (χ2n) is 6.51. The maximum absolute atomic E-state index is 13.8. The largest absolute Gasteiger partial charge is 0.325 e. The van der Waals surface area contributed by atoms with Crippen LogP contribution in [0.4, 0.5) is 10.1 Å². The number of nitrogens with one attached hydrogen (secondary N) is 1. The van der Waals surface area contributed by atoms with Crippen molar-refractivity contribution in [1.82, 2.24) is 4.90 Å². The van der Waals surface area contributed by atoms with Gasteiger partial charge in [0, 0.05) is 17.8 Å². The Morgan fingerprint density at radius 2 is 1.96 bits per heavy atom. The van der Waals surface area contributed by atoms with Crippen molar-refractivity contribution < 1.29 is 9.18 Å². The zero-order valence-electron chi connectivity index (χ0n) is 14.2. The number of hydrogen-bond donors (Lipinski definition) is 1. The fourth-order valence-corrected chi connectivity index (χ4v) is 3.13. The van der Waals surface area contributed by atoms with E-state index in [-0.39, 0.29) is 17.8 Å². The molecule has 1 unspecified atom stereocenters. The fourth-order valence-electron chi connectivity index (χ4n) is 3.13. The van der Waals surface area contributed by atoms with Gasteiger partial charge < -0.3 is 5.32 Å². The Hall–Kier alpha value is -2.20. The molecule has 0 fully saturated rings. The van der Waals surface area contributed by atoms with Crippen molar-refractivity contribution >= 4 is 11.6 Å². The van der Waals surface area contributed by atoms with Crippen molar-refractivity contribution in [2.75, 3.05) is 12.4 Å². The first-order chi connectivity index (χ1) is 11.5. The molecule has 126 valence electrons. The molecule has 2 aromatic carbocycles. The maximum atomic E-state index is 13.8. The average molecular weight is 326 g/mol. The van der Waals surface area contributed by atoms with Crippen LogP contribution in [-0.2, 0) is 24.2 Å². The molecule has 0 spiro atoms. The molecule has 0 radical (unpaired) electrons. The number of fused-ring (bicyclic) bond motifs is 1. The summed E-state index contributed by atoms with van der Waals surface area (Å²) in [5, 5.41) is 2.98. The SMILES string of the molecule is CC(C(=O)Nc1ccc2c(c1)CCC2)N(C)Cc1ccccc1F. The molecule has 1 aliphatic rings. The third-order valence-electron chi connectivity index (χ3n) is 4.78. The minimum Gasteiger partial charge on any atom is -0.325 e. The van der Waals surface area contributed by atoms with Crippen molar-refractivity contribution in [2.45, 2.75) is 38.8 Å². The number of carbonyl (C=O) groups is 1. The van der Waals surface area contributed by atoms with Gasteiger partial charge in [-0.2, -0.15) is 0 Å². The Balaban J connectivity index is 1.63. The van der Waals surface area contributed by atoms with Crippen molar-refractivity contribution in [3.8, 4) is 0 Å². The van der Waals surface area contributed by atoms with Gasteiger partial charge in [0.15, 0.2) is 0 Å². The summed E-state index contributed by atoms with van der Waals surface area (Å²) in [5.41, 5.74) is 4.15. The molecule has 3 rings (SSSR count). The van der Waals surface area contributed by atoms with E-state index < -0.39 is 0 Å². The summed E-state index contributed by atoms with van der Waals surface area (Å²) in [7, 11) is 1.83. The van der Waals surface area contributed by atoms with Gasteiger partial charge in [0.05, 0.1) is 6.04 Å². The van der Waals surface area contributed by atoms with Crippen LogP contribution in [0.5, 0.6) is 0 Å². The van der Waals surface area contributed by atoms with Gasteiger partial charge in [-0.15, -0.1) is 0 Å². The number of carbonyl (C=O) groups excluding carboxylic acids is 1. The lowest BCUT2D eigenvalue weighted by Gasteiger charge is -2.24. The van der Waals surface area contributed by atoms with E-state index in [1.54, 1.807) is 12.1 Å². The monoisotopic (exact) mass is 326 g/mol. The van der Waals surface area contributed by atoms with Gasteiger partial charge in [0.1, 0.15) is 5.82 Å². The van der Waals surface area contributed by atoms with E-state index in [0.29, 0.717) is 12.1 Å². The predicted octanol–water partition coefficient (Wildman–Crippen LogP) is 3.77. The molecule has 0 saturated carbocycles. The van der Waals surface area contributed by atoms with Crippen LogP contribution in [0.1, 0.15) is 30.0 Å². The minimum absolute atomic E-state index is 0.0770. The second kappa shape index (κ2) is 7.14. The molecule has 0 aliphatic heterocycles. The van der Waals surface area contributed by atoms with Crippen LogP contribution in [-0.4, -0.2) is 23.9 Å². The number of hydrogen-bond acceptors (Lipinski definition) is 2. The van der Waals surface area contributed by atoms with E-state index in [2.05, 4.69) is 17.4 Å². The molecular formula is C20H23FN2O. The highest BCUT2D eigenvalue weighted by atomic mass is 19.1. The molecule has 3 nitrogen and oxygen atoms in total. The lowest BCUT2D eigenvalue weighted by molar-refractivity contribution is -0.120. The third-order valence-corrected chi connectivity index (χ3v) is 4.78. The van der Waals surface area contributed by atoms with E-state index in [1.807, 2.05) is 31.0 Å².